The number of carboxylic acid groups (broad SMARTS) is 1. The second kappa shape index (κ2) is 3.69. The number of hydrazine groups is 1. The van der Waals surface area contributed by atoms with Gasteiger partial charge in [0.2, 0.25) is 0 Å². The van der Waals surface area contributed by atoms with E-state index in [-0.39, 0.29) is 6.04 Å². The summed E-state index contributed by atoms with van der Waals surface area (Å²) in [5.74, 6) is -0.723. The molecule has 2 N–H and O–H groups in total. The van der Waals surface area contributed by atoms with Crippen LogP contribution in [0.3, 0.4) is 0 Å². The lowest BCUT2D eigenvalue weighted by molar-refractivity contribution is -0.146. The minimum atomic E-state index is -0.723. The van der Waals surface area contributed by atoms with Gasteiger partial charge in [-0.3, -0.25) is 10.2 Å². The quantitative estimate of drug-likeness (QED) is 0.596. The van der Waals surface area contributed by atoms with Gasteiger partial charge < -0.3 is 5.11 Å². The molecule has 0 aliphatic carbocycles. The summed E-state index contributed by atoms with van der Waals surface area (Å²) >= 11 is 0. The molecular weight excluding hydrogens is 144 g/mol. The smallest absolute Gasteiger partial charge is 0.322 e. The Kier molecular flexibility index (Phi) is 2.84. The highest BCUT2D eigenvalue weighted by atomic mass is 16.4. The number of nitrogens with one attached hydrogen (secondary N) is 1. The van der Waals surface area contributed by atoms with Crippen LogP contribution >= 0.6 is 0 Å². The van der Waals surface area contributed by atoms with Gasteiger partial charge in [-0.15, -0.1) is 0 Å². The van der Waals surface area contributed by atoms with E-state index in [1.54, 1.807) is 12.1 Å². The number of rotatable bonds is 2. The summed E-state index contributed by atoms with van der Waals surface area (Å²) in [5.41, 5.74) is 2.89. The first-order valence-corrected chi connectivity index (χ1v) is 3.92. The lowest BCUT2D eigenvalue weighted by atomic mass is 10.0. The van der Waals surface area contributed by atoms with E-state index in [0.717, 1.165) is 25.8 Å². The zero-order valence-corrected chi connectivity index (χ0v) is 6.71. The molecule has 1 aliphatic rings. The van der Waals surface area contributed by atoms with E-state index in [1.807, 2.05) is 0 Å². The third kappa shape index (κ3) is 1.91. The molecule has 0 bridgehead atoms. The molecule has 4 nitrogen and oxygen atoms in total. The molecule has 1 atom stereocenters. The van der Waals surface area contributed by atoms with Crippen molar-refractivity contribution < 1.29 is 9.90 Å². The maximum absolute atomic E-state index is 10.6. The molecule has 0 saturated carbocycles. The van der Waals surface area contributed by atoms with Crippen LogP contribution in [0.4, 0.5) is 0 Å². The molecule has 11 heavy (non-hydrogen) atoms. The van der Waals surface area contributed by atoms with Crippen LogP contribution in [0.25, 0.3) is 0 Å². The molecule has 4 heteroatoms. The largest absolute Gasteiger partial charge is 0.480 e. The van der Waals surface area contributed by atoms with Crippen LogP contribution in [-0.2, 0) is 4.79 Å². The predicted molar refractivity (Wildman–Crippen MR) is 41.0 cm³/mol. The third-order valence-corrected chi connectivity index (χ3v) is 2.08. The Bertz CT molecular complexity index is 149. The van der Waals surface area contributed by atoms with Gasteiger partial charge in [-0.05, 0) is 26.3 Å². The first-order valence-electron chi connectivity index (χ1n) is 3.92. The normalized spacial score (nSPS) is 26.8. The van der Waals surface area contributed by atoms with Crippen molar-refractivity contribution in [1.29, 1.82) is 0 Å². The molecule has 0 unspecified atom stereocenters. The molecule has 0 aromatic heterocycles. The van der Waals surface area contributed by atoms with Crippen LogP contribution in [0.2, 0.25) is 0 Å². The average molecular weight is 158 g/mol. The Morgan fingerprint density at radius 2 is 2.36 bits per heavy atom. The number of nitrogens with zero attached hydrogens (tertiary/aromatic N) is 1. The molecule has 1 saturated heterocycles. The molecule has 0 aromatic carbocycles. The van der Waals surface area contributed by atoms with Crippen LogP contribution in [0.5, 0.6) is 0 Å². The molecule has 0 spiro atoms. The maximum atomic E-state index is 10.6. The van der Waals surface area contributed by atoms with E-state index in [2.05, 4.69) is 5.43 Å². The molecule has 1 heterocycles. The minimum Gasteiger partial charge on any atom is -0.480 e. The standard InChI is InChI=1S/C7H14N2O2/c1-8-9-5-3-2-4-6(9)7(10)11/h6,8H,2-5H2,1H3,(H,10,11)/t6-/m0/s1. The first-order chi connectivity index (χ1) is 5.25. The van der Waals surface area contributed by atoms with Gasteiger partial charge in [0.15, 0.2) is 0 Å². The zero-order valence-electron chi connectivity index (χ0n) is 6.71. The molecule has 0 radical (unpaired) electrons. The summed E-state index contributed by atoms with van der Waals surface area (Å²) < 4.78 is 0. The van der Waals surface area contributed by atoms with E-state index in [4.69, 9.17) is 5.11 Å². The summed E-state index contributed by atoms with van der Waals surface area (Å²) in [5, 5.41) is 10.5. The fourth-order valence-electron chi connectivity index (χ4n) is 1.46. The van der Waals surface area contributed by atoms with Gasteiger partial charge >= 0.3 is 5.97 Å². The summed E-state index contributed by atoms with van der Waals surface area (Å²) in [7, 11) is 1.77. The highest BCUT2D eigenvalue weighted by Gasteiger charge is 2.26. The molecule has 1 rings (SSSR count). The van der Waals surface area contributed by atoms with Gasteiger partial charge in [-0.1, -0.05) is 0 Å². The van der Waals surface area contributed by atoms with E-state index in [1.165, 1.54) is 0 Å². The van der Waals surface area contributed by atoms with Crippen LogP contribution in [0, 0.1) is 0 Å². The van der Waals surface area contributed by atoms with Crippen molar-refractivity contribution in [2.45, 2.75) is 25.3 Å². The number of carboxylic acids is 1. The number of hydrogen-bond donors (Lipinski definition) is 2. The SMILES string of the molecule is CNN1CCCC[C@H]1C(=O)O. The van der Waals surface area contributed by atoms with Gasteiger partial charge in [0.1, 0.15) is 6.04 Å². The Balaban J connectivity index is 2.51. The van der Waals surface area contributed by atoms with Crippen molar-refractivity contribution >= 4 is 5.97 Å². The Labute approximate surface area is 66.2 Å². The molecule has 0 amide bonds. The predicted octanol–water partition coefficient (Wildman–Crippen LogP) is 0.0599. The number of hydrogen-bond acceptors (Lipinski definition) is 3. The van der Waals surface area contributed by atoms with Gasteiger partial charge in [0, 0.05) is 6.54 Å². The lowest BCUT2D eigenvalue weighted by Gasteiger charge is -2.31. The van der Waals surface area contributed by atoms with Crippen molar-refractivity contribution in [2.75, 3.05) is 13.6 Å². The van der Waals surface area contributed by atoms with E-state index in [9.17, 15) is 4.79 Å². The summed E-state index contributed by atoms with van der Waals surface area (Å²) in [4.78, 5) is 10.6. The highest BCUT2D eigenvalue weighted by Crippen LogP contribution is 2.14. The Hall–Kier alpha value is -0.610. The maximum Gasteiger partial charge on any atom is 0.322 e. The Morgan fingerprint density at radius 3 is 2.82 bits per heavy atom. The number of carbonyl (C=O) groups is 1. The van der Waals surface area contributed by atoms with Gasteiger partial charge in [-0.25, -0.2) is 5.01 Å². The van der Waals surface area contributed by atoms with E-state index in [0.29, 0.717) is 0 Å². The highest BCUT2D eigenvalue weighted by molar-refractivity contribution is 5.73. The van der Waals surface area contributed by atoms with Crippen LogP contribution in [0.15, 0.2) is 0 Å². The van der Waals surface area contributed by atoms with Crippen molar-refractivity contribution in [2.24, 2.45) is 0 Å². The Morgan fingerprint density at radius 1 is 1.64 bits per heavy atom. The fraction of sp³-hybridized carbons (Fsp3) is 0.857. The van der Waals surface area contributed by atoms with Crippen molar-refractivity contribution in [3.05, 3.63) is 0 Å². The number of piperidine rings is 1. The lowest BCUT2D eigenvalue weighted by Crippen LogP contribution is -2.50. The van der Waals surface area contributed by atoms with Crippen LogP contribution in [-0.4, -0.2) is 35.7 Å². The molecule has 1 aliphatic heterocycles. The summed E-state index contributed by atoms with van der Waals surface area (Å²) in [6.45, 7) is 0.841. The second-order valence-corrected chi connectivity index (χ2v) is 2.77. The third-order valence-electron chi connectivity index (χ3n) is 2.08. The van der Waals surface area contributed by atoms with E-state index >= 15 is 0 Å². The molecule has 0 aromatic rings. The number of aliphatic carboxylic acids is 1. The minimum absolute atomic E-state index is 0.325. The topological polar surface area (TPSA) is 52.6 Å². The molecule has 64 valence electrons. The van der Waals surface area contributed by atoms with Gasteiger partial charge in [-0.2, -0.15) is 0 Å². The zero-order chi connectivity index (χ0) is 8.27. The van der Waals surface area contributed by atoms with Crippen molar-refractivity contribution in [3.63, 3.8) is 0 Å². The monoisotopic (exact) mass is 158 g/mol. The fourth-order valence-corrected chi connectivity index (χ4v) is 1.46. The first kappa shape index (κ1) is 8.49. The van der Waals surface area contributed by atoms with Gasteiger partial charge in [0.25, 0.3) is 0 Å². The average Bonchev–Trinajstić information content (AvgIpc) is 2.04. The molecule has 1 fully saturated rings. The van der Waals surface area contributed by atoms with Crippen LogP contribution in [0.1, 0.15) is 19.3 Å². The van der Waals surface area contributed by atoms with Gasteiger partial charge in [0.05, 0.1) is 0 Å². The van der Waals surface area contributed by atoms with Crippen molar-refractivity contribution in [1.82, 2.24) is 10.4 Å². The summed E-state index contributed by atoms with van der Waals surface area (Å²) in [6, 6.07) is -0.325. The van der Waals surface area contributed by atoms with Crippen LogP contribution < -0.4 is 5.43 Å². The summed E-state index contributed by atoms with van der Waals surface area (Å²) in [6.07, 6.45) is 2.87. The molecular formula is C7H14N2O2. The second-order valence-electron chi connectivity index (χ2n) is 2.77. The van der Waals surface area contributed by atoms with E-state index < -0.39 is 5.97 Å². The van der Waals surface area contributed by atoms with Crippen molar-refractivity contribution in [3.8, 4) is 0 Å².